The summed E-state index contributed by atoms with van der Waals surface area (Å²) < 4.78 is 17.7. The molecule has 0 aliphatic heterocycles. The van der Waals surface area contributed by atoms with E-state index in [0.29, 0.717) is 11.5 Å². The van der Waals surface area contributed by atoms with E-state index in [-0.39, 0.29) is 17.0 Å². The second-order valence-electron chi connectivity index (χ2n) is 5.93. The second-order valence-corrected chi connectivity index (χ2v) is 7.06. The van der Waals surface area contributed by atoms with Crippen molar-refractivity contribution in [1.82, 2.24) is 4.72 Å². The summed E-state index contributed by atoms with van der Waals surface area (Å²) in [5.41, 5.74) is 1.58. The normalized spacial score (nSPS) is 22.7. The van der Waals surface area contributed by atoms with E-state index in [4.69, 9.17) is 5.26 Å². The first-order valence-electron chi connectivity index (χ1n) is 7.89. The van der Waals surface area contributed by atoms with Crippen molar-refractivity contribution in [2.75, 3.05) is 6.54 Å². The molecule has 22 heavy (non-hydrogen) atoms. The fourth-order valence-corrected chi connectivity index (χ4v) is 3.54. The fraction of sp³-hybridized carbons (Fsp3) is 0.500. The van der Waals surface area contributed by atoms with Crippen LogP contribution >= 0.6 is 11.9 Å². The third-order valence-electron chi connectivity index (χ3n) is 4.22. The summed E-state index contributed by atoms with van der Waals surface area (Å²) in [7, 11) is 0. The SMILES string of the molecule is CCC(C)CNSC1C=C(F)C(c2ccc(C#N)cc2)CC1. The van der Waals surface area contributed by atoms with Crippen molar-refractivity contribution < 1.29 is 4.39 Å². The number of nitrogens with one attached hydrogen (secondary N) is 1. The molecule has 0 radical (unpaired) electrons. The highest BCUT2D eigenvalue weighted by molar-refractivity contribution is 7.98. The molecule has 2 nitrogen and oxygen atoms in total. The molecule has 2 rings (SSSR count). The maximum Gasteiger partial charge on any atom is 0.105 e. The minimum atomic E-state index is -0.154. The predicted molar refractivity (Wildman–Crippen MR) is 91.2 cm³/mol. The summed E-state index contributed by atoms with van der Waals surface area (Å²) >= 11 is 1.64. The molecule has 0 saturated heterocycles. The van der Waals surface area contributed by atoms with Gasteiger partial charge in [-0.3, -0.25) is 4.72 Å². The minimum absolute atomic E-state index is 0.0428. The average molecular weight is 318 g/mol. The third-order valence-corrected chi connectivity index (χ3v) is 5.23. The van der Waals surface area contributed by atoms with Crippen LogP contribution in [0.5, 0.6) is 0 Å². The van der Waals surface area contributed by atoms with Gasteiger partial charge in [0.25, 0.3) is 0 Å². The zero-order valence-corrected chi connectivity index (χ0v) is 14.0. The Morgan fingerprint density at radius 1 is 1.36 bits per heavy atom. The summed E-state index contributed by atoms with van der Waals surface area (Å²) in [5.74, 6) is 0.453. The summed E-state index contributed by atoms with van der Waals surface area (Å²) in [6, 6.07) is 9.35. The Kier molecular flexibility index (Phi) is 6.48. The van der Waals surface area contributed by atoms with Crippen LogP contribution in [0.15, 0.2) is 36.2 Å². The van der Waals surface area contributed by atoms with E-state index in [0.717, 1.165) is 31.4 Å². The molecule has 118 valence electrons. The minimum Gasteiger partial charge on any atom is -0.263 e. The van der Waals surface area contributed by atoms with Crippen molar-refractivity contribution in [1.29, 1.82) is 5.26 Å². The van der Waals surface area contributed by atoms with E-state index in [1.807, 2.05) is 12.1 Å². The van der Waals surface area contributed by atoms with E-state index >= 15 is 0 Å². The van der Waals surface area contributed by atoms with Gasteiger partial charge in [0.05, 0.1) is 11.6 Å². The largest absolute Gasteiger partial charge is 0.263 e. The standard InChI is InChI=1S/C18H23FN2S/c1-3-13(2)12-21-22-16-8-9-17(18(19)10-16)15-6-4-14(11-20)5-7-15/h4-7,10,13,16-17,21H,3,8-9,12H2,1-2H3. The van der Waals surface area contributed by atoms with Crippen LogP contribution < -0.4 is 4.72 Å². The molecule has 1 aliphatic carbocycles. The maximum absolute atomic E-state index is 14.4. The maximum atomic E-state index is 14.4. The lowest BCUT2D eigenvalue weighted by molar-refractivity contribution is 0.485. The van der Waals surface area contributed by atoms with Crippen molar-refractivity contribution >= 4 is 11.9 Å². The smallest absolute Gasteiger partial charge is 0.105 e. The number of benzene rings is 1. The molecule has 4 heteroatoms. The van der Waals surface area contributed by atoms with E-state index in [1.54, 1.807) is 30.2 Å². The van der Waals surface area contributed by atoms with Crippen molar-refractivity contribution in [3.8, 4) is 6.07 Å². The van der Waals surface area contributed by atoms with Crippen molar-refractivity contribution in [2.45, 2.75) is 44.3 Å². The lowest BCUT2D eigenvalue weighted by Crippen LogP contribution is -2.20. The Hall–Kier alpha value is -1.31. The molecule has 0 aromatic heterocycles. The van der Waals surface area contributed by atoms with Crippen LogP contribution in [0.3, 0.4) is 0 Å². The highest BCUT2D eigenvalue weighted by Gasteiger charge is 2.25. The van der Waals surface area contributed by atoms with Gasteiger partial charge in [0.15, 0.2) is 0 Å². The summed E-state index contributed by atoms with van der Waals surface area (Å²) in [5, 5.41) is 9.03. The molecule has 0 fully saturated rings. The van der Waals surface area contributed by atoms with Crippen molar-refractivity contribution in [3.63, 3.8) is 0 Å². The molecule has 1 aromatic rings. The van der Waals surface area contributed by atoms with Crippen molar-refractivity contribution in [3.05, 3.63) is 47.3 Å². The number of nitriles is 1. The van der Waals surface area contributed by atoms with Crippen LogP contribution in [0.1, 0.15) is 50.2 Å². The Morgan fingerprint density at radius 2 is 2.09 bits per heavy atom. The second kappa shape index (κ2) is 8.36. The van der Waals surface area contributed by atoms with E-state index in [1.165, 1.54) is 0 Å². The van der Waals surface area contributed by atoms with Crippen LogP contribution in [0.25, 0.3) is 0 Å². The van der Waals surface area contributed by atoms with E-state index in [9.17, 15) is 4.39 Å². The first kappa shape index (κ1) is 17.1. The van der Waals surface area contributed by atoms with Gasteiger partial charge >= 0.3 is 0 Å². The van der Waals surface area contributed by atoms with E-state index < -0.39 is 0 Å². The van der Waals surface area contributed by atoms with Crippen LogP contribution in [-0.4, -0.2) is 11.8 Å². The quantitative estimate of drug-likeness (QED) is 0.755. The summed E-state index contributed by atoms with van der Waals surface area (Å²) in [6.45, 7) is 5.36. The molecular formula is C18H23FN2S. The third kappa shape index (κ3) is 4.59. The lowest BCUT2D eigenvalue weighted by atomic mass is 9.88. The van der Waals surface area contributed by atoms with Gasteiger partial charge in [-0.05, 0) is 42.5 Å². The Labute approximate surface area is 136 Å². The topological polar surface area (TPSA) is 35.8 Å². The van der Waals surface area contributed by atoms with Gasteiger partial charge in [0, 0.05) is 17.7 Å². The summed E-state index contributed by atoms with van der Waals surface area (Å²) in [4.78, 5) is 0. The molecule has 1 N–H and O–H groups in total. The number of hydrogen-bond acceptors (Lipinski definition) is 3. The highest BCUT2D eigenvalue weighted by Crippen LogP contribution is 2.37. The molecule has 1 aromatic carbocycles. The van der Waals surface area contributed by atoms with Crippen LogP contribution in [0.4, 0.5) is 4.39 Å². The van der Waals surface area contributed by atoms with Crippen LogP contribution in [0.2, 0.25) is 0 Å². The van der Waals surface area contributed by atoms with Crippen molar-refractivity contribution in [2.24, 2.45) is 5.92 Å². The molecule has 0 spiro atoms. The average Bonchev–Trinajstić information content (AvgIpc) is 2.55. The molecule has 3 unspecified atom stereocenters. The molecule has 0 heterocycles. The first-order chi connectivity index (χ1) is 10.6. The van der Waals surface area contributed by atoms with Crippen LogP contribution in [0, 0.1) is 17.2 Å². The molecule has 1 aliphatic rings. The molecule has 0 saturated carbocycles. The number of rotatable bonds is 6. The molecule has 0 bridgehead atoms. The lowest BCUT2D eigenvalue weighted by Gasteiger charge is -2.25. The Bertz CT molecular complexity index is 547. The molecular weight excluding hydrogens is 295 g/mol. The molecule has 3 atom stereocenters. The van der Waals surface area contributed by atoms with Gasteiger partial charge in [-0.25, -0.2) is 4.39 Å². The summed E-state index contributed by atoms with van der Waals surface area (Å²) in [6.07, 6.45) is 4.69. The van der Waals surface area contributed by atoms with Gasteiger partial charge in [-0.15, -0.1) is 0 Å². The Morgan fingerprint density at radius 3 is 2.68 bits per heavy atom. The number of nitrogens with zero attached hydrogens (tertiary/aromatic N) is 1. The van der Waals surface area contributed by atoms with Gasteiger partial charge in [-0.1, -0.05) is 44.3 Å². The van der Waals surface area contributed by atoms with Crippen LogP contribution in [-0.2, 0) is 0 Å². The van der Waals surface area contributed by atoms with E-state index in [2.05, 4.69) is 24.6 Å². The fourth-order valence-electron chi connectivity index (χ4n) is 2.50. The highest BCUT2D eigenvalue weighted by atomic mass is 32.2. The number of allylic oxidation sites excluding steroid dienone is 1. The van der Waals surface area contributed by atoms with Gasteiger partial charge in [-0.2, -0.15) is 5.26 Å². The number of halogens is 1. The van der Waals surface area contributed by atoms with Gasteiger partial charge < -0.3 is 0 Å². The van der Waals surface area contributed by atoms with Gasteiger partial charge in [0.1, 0.15) is 5.83 Å². The monoisotopic (exact) mass is 318 g/mol. The van der Waals surface area contributed by atoms with Gasteiger partial charge in [0.2, 0.25) is 0 Å². The zero-order valence-electron chi connectivity index (χ0n) is 13.2. The molecule has 0 amide bonds. The first-order valence-corrected chi connectivity index (χ1v) is 8.77. The number of hydrogen-bond donors (Lipinski definition) is 1. The zero-order chi connectivity index (χ0) is 15.9. The Balaban J connectivity index is 1.92. The predicted octanol–water partition coefficient (Wildman–Crippen LogP) is 4.94.